The van der Waals surface area contributed by atoms with Crippen LogP contribution in [0.4, 0.5) is 0 Å². The number of nitriles is 1. The number of carbonyl (C=O) groups excluding carboxylic acids is 1. The van der Waals surface area contributed by atoms with Crippen LogP contribution in [0.2, 0.25) is 0 Å². The molecule has 120 valence electrons. The van der Waals surface area contributed by atoms with Crippen molar-refractivity contribution in [2.24, 2.45) is 0 Å². The van der Waals surface area contributed by atoms with Gasteiger partial charge < -0.3 is 4.90 Å². The standard InChI is InChI=1S/C16H22N2O3S/c1-3-8-18(9-4-2)16(19)13-22(20,21)12-15-7-5-6-14(10-15)11-17/h5-7,10H,3-4,8-9,12-13H2,1-2H3. The summed E-state index contributed by atoms with van der Waals surface area (Å²) in [6.07, 6.45) is 1.60. The summed E-state index contributed by atoms with van der Waals surface area (Å²) in [4.78, 5) is 13.7. The van der Waals surface area contributed by atoms with Crippen LogP contribution in [0.1, 0.15) is 37.8 Å². The molecule has 1 amide bonds. The quantitative estimate of drug-likeness (QED) is 0.734. The van der Waals surface area contributed by atoms with Gasteiger partial charge in [-0.15, -0.1) is 0 Å². The predicted molar refractivity (Wildman–Crippen MR) is 85.8 cm³/mol. The lowest BCUT2D eigenvalue weighted by Crippen LogP contribution is -2.37. The monoisotopic (exact) mass is 322 g/mol. The summed E-state index contributed by atoms with van der Waals surface area (Å²) in [6, 6.07) is 8.43. The molecule has 0 aliphatic carbocycles. The SMILES string of the molecule is CCCN(CCC)C(=O)CS(=O)(=O)Cc1cccc(C#N)c1. The van der Waals surface area contributed by atoms with Crippen molar-refractivity contribution >= 4 is 15.7 Å². The maximum atomic E-state index is 12.2. The second-order valence-electron chi connectivity index (χ2n) is 5.23. The van der Waals surface area contributed by atoms with Crippen molar-refractivity contribution in [1.29, 1.82) is 5.26 Å². The van der Waals surface area contributed by atoms with Gasteiger partial charge in [-0.2, -0.15) is 5.26 Å². The van der Waals surface area contributed by atoms with Crippen molar-refractivity contribution in [3.63, 3.8) is 0 Å². The molecule has 6 heteroatoms. The number of nitrogens with zero attached hydrogens (tertiary/aromatic N) is 2. The third-order valence-electron chi connectivity index (χ3n) is 3.13. The number of benzene rings is 1. The highest BCUT2D eigenvalue weighted by molar-refractivity contribution is 7.91. The van der Waals surface area contributed by atoms with E-state index in [4.69, 9.17) is 5.26 Å². The molecule has 0 saturated carbocycles. The smallest absolute Gasteiger partial charge is 0.237 e. The van der Waals surface area contributed by atoms with E-state index in [-0.39, 0.29) is 11.7 Å². The number of rotatable bonds is 8. The van der Waals surface area contributed by atoms with Crippen molar-refractivity contribution < 1.29 is 13.2 Å². The maximum Gasteiger partial charge on any atom is 0.237 e. The van der Waals surface area contributed by atoms with Gasteiger partial charge in [0.05, 0.1) is 17.4 Å². The van der Waals surface area contributed by atoms with E-state index < -0.39 is 15.6 Å². The minimum Gasteiger partial charge on any atom is -0.342 e. The highest BCUT2D eigenvalue weighted by atomic mass is 32.2. The fraction of sp³-hybridized carbons (Fsp3) is 0.500. The van der Waals surface area contributed by atoms with E-state index in [1.807, 2.05) is 19.9 Å². The molecule has 22 heavy (non-hydrogen) atoms. The Morgan fingerprint density at radius 1 is 1.23 bits per heavy atom. The molecular formula is C16H22N2O3S. The van der Waals surface area contributed by atoms with Crippen LogP contribution in [0.25, 0.3) is 0 Å². The van der Waals surface area contributed by atoms with Gasteiger partial charge in [0, 0.05) is 13.1 Å². The van der Waals surface area contributed by atoms with Crippen molar-refractivity contribution in [1.82, 2.24) is 4.90 Å². The Bertz CT molecular complexity index is 642. The second-order valence-corrected chi connectivity index (χ2v) is 7.29. The Labute approximate surface area is 132 Å². The summed E-state index contributed by atoms with van der Waals surface area (Å²) < 4.78 is 24.4. The van der Waals surface area contributed by atoms with Gasteiger partial charge in [0.15, 0.2) is 9.84 Å². The van der Waals surface area contributed by atoms with Gasteiger partial charge in [-0.05, 0) is 30.5 Å². The van der Waals surface area contributed by atoms with E-state index in [0.717, 1.165) is 12.8 Å². The summed E-state index contributed by atoms with van der Waals surface area (Å²) in [5, 5.41) is 8.84. The van der Waals surface area contributed by atoms with E-state index >= 15 is 0 Å². The van der Waals surface area contributed by atoms with E-state index in [2.05, 4.69) is 0 Å². The molecule has 0 N–H and O–H groups in total. The molecule has 1 rings (SSSR count). The molecule has 0 atom stereocenters. The summed E-state index contributed by atoms with van der Waals surface area (Å²) >= 11 is 0. The van der Waals surface area contributed by atoms with Crippen LogP contribution in [0.15, 0.2) is 24.3 Å². The maximum absolute atomic E-state index is 12.2. The molecule has 1 aromatic carbocycles. The van der Waals surface area contributed by atoms with Gasteiger partial charge in [-0.1, -0.05) is 26.0 Å². The number of carbonyl (C=O) groups is 1. The molecule has 0 spiro atoms. The second kappa shape index (κ2) is 8.54. The Hall–Kier alpha value is -1.87. The van der Waals surface area contributed by atoms with E-state index in [1.54, 1.807) is 23.1 Å². The van der Waals surface area contributed by atoms with Crippen molar-refractivity contribution in [2.45, 2.75) is 32.4 Å². The molecule has 0 aromatic heterocycles. The lowest BCUT2D eigenvalue weighted by Gasteiger charge is -2.21. The first-order valence-electron chi connectivity index (χ1n) is 7.39. The molecule has 0 unspecified atom stereocenters. The van der Waals surface area contributed by atoms with Gasteiger partial charge >= 0.3 is 0 Å². The zero-order valence-electron chi connectivity index (χ0n) is 13.1. The molecule has 0 aliphatic heterocycles. The third-order valence-corrected chi connectivity index (χ3v) is 4.59. The summed E-state index contributed by atoms with van der Waals surface area (Å²) in [6.45, 7) is 5.06. The Kier molecular flexibility index (Phi) is 7.06. The van der Waals surface area contributed by atoms with Crippen molar-refractivity contribution in [2.75, 3.05) is 18.8 Å². The molecule has 0 bridgehead atoms. The molecule has 0 radical (unpaired) electrons. The number of amides is 1. The first kappa shape index (κ1) is 18.2. The van der Waals surface area contributed by atoms with Crippen LogP contribution in [-0.2, 0) is 20.4 Å². The van der Waals surface area contributed by atoms with E-state index in [0.29, 0.717) is 24.2 Å². The predicted octanol–water partition coefficient (Wildman–Crippen LogP) is 2.12. The highest BCUT2D eigenvalue weighted by Crippen LogP contribution is 2.10. The van der Waals surface area contributed by atoms with Gasteiger partial charge in [-0.25, -0.2) is 8.42 Å². The minimum absolute atomic E-state index is 0.222. The fourth-order valence-corrected chi connectivity index (χ4v) is 3.56. The molecule has 0 saturated heterocycles. The molecule has 0 aliphatic rings. The summed E-state index contributed by atoms with van der Waals surface area (Å²) in [7, 11) is -3.54. The minimum atomic E-state index is -3.54. The van der Waals surface area contributed by atoms with Gasteiger partial charge in [0.2, 0.25) is 5.91 Å². The normalized spacial score (nSPS) is 11.0. The molecule has 1 aromatic rings. The molecule has 0 fully saturated rings. The first-order chi connectivity index (χ1) is 10.4. The average molecular weight is 322 g/mol. The summed E-state index contributed by atoms with van der Waals surface area (Å²) in [5.74, 6) is -1.05. The average Bonchev–Trinajstić information content (AvgIpc) is 2.46. The lowest BCUT2D eigenvalue weighted by atomic mass is 10.2. The fourth-order valence-electron chi connectivity index (χ4n) is 2.22. The van der Waals surface area contributed by atoms with Crippen LogP contribution in [0, 0.1) is 11.3 Å². The zero-order chi connectivity index (χ0) is 16.6. The summed E-state index contributed by atoms with van der Waals surface area (Å²) in [5.41, 5.74) is 0.946. The highest BCUT2D eigenvalue weighted by Gasteiger charge is 2.21. The van der Waals surface area contributed by atoms with Gasteiger partial charge in [-0.3, -0.25) is 4.79 Å². The van der Waals surface area contributed by atoms with Gasteiger partial charge in [0.25, 0.3) is 0 Å². The van der Waals surface area contributed by atoms with Crippen LogP contribution in [0.3, 0.4) is 0 Å². The molecular weight excluding hydrogens is 300 g/mol. The first-order valence-corrected chi connectivity index (χ1v) is 9.21. The topological polar surface area (TPSA) is 78.2 Å². The third kappa shape index (κ3) is 5.86. The van der Waals surface area contributed by atoms with E-state index in [1.165, 1.54) is 6.07 Å². The number of sulfone groups is 1. The van der Waals surface area contributed by atoms with Crippen LogP contribution < -0.4 is 0 Å². The van der Waals surface area contributed by atoms with Crippen molar-refractivity contribution in [3.05, 3.63) is 35.4 Å². The molecule has 5 nitrogen and oxygen atoms in total. The van der Waals surface area contributed by atoms with Crippen LogP contribution in [0.5, 0.6) is 0 Å². The Balaban J connectivity index is 2.77. The molecule has 0 heterocycles. The largest absolute Gasteiger partial charge is 0.342 e. The van der Waals surface area contributed by atoms with Crippen molar-refractivity contribution in [3.8, 4) is 6.07 Å². The lowest BCUT2D eigenvalue weighted by molar-refractivity contribution is -0.128. The van der Waals surface area contributed by atoms with E-state index in [9.17, 15) is 13.2 Å². The Morgan fingerprint density at radius 2 is 1.86 bits per heavy atom. The van der Waals surface area contributed by atoms with Crippen LogP contribution >= 0.6 is 0 Å². The number of hydrogen-bond donors (Lipinski definition) is 0. The number of hydrogen-bond acceptors (Lipinski definition) is 4. The Morgan fingerprint density at radius 3 is 2.41 bits per heavy atom. The zero-order valence-corrected chi connectivity index (χ0v) is 13.9. The van der Waals surface area contributed by atoms with Crippen LogP contribution in [-0.4, -0.2) is 38.1 Å². The van der Waals surface area contributed by atoms with Gasteiger partial charge in [0.1, 0.15) is 5.75 Å².